The van der Waals surface area contributed by atoms with Crippen LogP contribution in [0.1, 0.15) is 17.3 Å². The van der Waals surface area contributed by atoms with Gasteiger partial charge in [-0.15, -0.1) is 0 Å². The van der Waals surface area contributed by atoms with Gasteiger partial charge in [-0.1, -0.05) is 0 Å². The molecule has 2 unspecified atom stereocenters. The summed E-state index contributed by atoms with van der Waals surface area (Å²) in [5.41, 5.74) is 0.585. The van der Waals surface area contributed by atoms with E-state index in [0.717, 1.165) is 0 Å². The SMILES string of the molecule is CC1OCC(CN(C)C(=O)c2cccnc2)O1. The van der Waals surface area contributed by atoms with Crippen molar-refractivity contribution in [1.29, 1.82) is 0 Å². The number of hydrogen-bond donors (Lipinski definition) is 0. The molecule has 0 spiro atoms. The zero-order valence-corrected chi connectivity index (χ0v) is 10.00. The Kier molecular flexibility index (Phi) is 3.71. The van der Waals surface area contributed by atoms with E-state index in [1.54, 1.807) is 36.5 Å². The predicted octanol–water partition coefficient (Wildman–Crippen LogP) is 0.915. The molecule has 92 valence electrons. The molecule has 17 heavy (non-hydrogen) atoms. The molecule has 1 fully saturated rings. The average Bonchev–Trinajstić information content (AvgIpc) is 2.75. The highest BCUT2D eigenvalue weighted by Crippen LogP contribution is 2.12. The maximum absolute atomic E-state index is 12.0. The zero-order chi connectivity index (χ0) is 12.3. The first-order chi connectivity index (χ1) is 8.16. The Morgan fingerprint density at radius 2 is 2.47 bits per heavy atom. The number of pyridine rings is 1. The van der Waals surface area contributed by atoms with Gasteiger partial charge in [0.05, 0.1) is 12.2 Å². The summed E-state index contributed by atoms with van der Waals surface area (Å²) in [6, 6.07) is 3.50. The number of hydrogen-bond acceptors (Lipinski definition) is 4. The highest BCUT2D eigenvalue weighted by Gasteiger charge is 2.25. The Bertz CT molecular complexity index is 383. The molecule has 1 aromatic rings. The first-order valence-electron chi connectivity index (χ1n) is 5.59. The van der Waals surface area contributed by atoms with E-state index in [2.05, 4.69) is 4.98 Å². The Balaban J connectivity index is 1.92. The Morgan fingerprint density at radius 1 is 1.65 bits per heavy atom. The van der Waals surface area contributed by atoms with Crippen LogP contribution < -0.4 is 0 Å². The van der Waals surface area contributed by atoms with Crippen molar-refractivity contribution in [2.24, 2.45) is 0 Å². The molecule has 1 aliphatic heterocycles. The van der Waals surface area contributed by atoms with Crippen LogP contribution in [0.3, 0.4) is 0 Å². The van der Waals surface area contributed by atoms with E-state index in [-0.39, 0.29) is 18.3 Å². The van der Waals surface area contributed by atoms with Crippen molar-refractivity contribution in [3.63, 3.8) is 0 Å². The summed E-state index contributed by atoms with van der Waals surface area (Å²) in [6.07, 6.45) is 2.98. The summed E-state index contributed by atoms with van der Waals surface area (Å²) in [6.45, 7) is 2.91. The lowest BCUT2D eigenvalue weighted by atomic mass is 10.2. The summed E-state index contributed by atoms with van der Waals surface area (Å²) >= 11 is 0. The molecule has 1 aromatic heterocycles. The second-order valence-electron chi connectivity index (χ2n) is 4.09. The van der Waals surface area contributed by atoms with E-state index >= 15 is 0 Å². The molecular formula is C12H16N2O3. The van der Waals surface area contributed by atoms with Gasteiger partial charge in [-0.3, -0.25) is 9.78 Å². The molecule has 0 N–H and O–H groups in total. The van der Waals surface area contributed by atoms with Gasteiger partial charge in [0.15, 0.2) is 6.29 Å². The smallest absolute Gasteiger partial charge is 0.255 e. The second-order valence-corrected chi connectivity index (χ2v) is 4.09. The first kappa shape index (κ1) is 12.0. The summed E-state index contributed by atoms with van der Waals surface area (Å²) in [4.78, 5) is 17.6. The molecule has 1 aliphatic rings. The van der Waals surface area contributed by atoms with Crippen molar-refractivity contribution in [3.05, 3.63) is 30.1 Å². The van der Waals surface area contributed by atoms with E-state index in [4.69, 9.17) is 9.47 Å². The highest BCUT2D eigenvalue weighted by atomic mass is 16.7. The summed E-state index contributed by atoms with van der Waals surface area (Å²) in [5.74, 6) is -0.0544. The van der Waals surface area contributed by atoms with Crippen molar-refractivity contribution in [1.82, 2.24) is 9.88 Å². The Hall–Kier alpha value is -1.46. The fourth-order valence-electron chi connectivity index (χ4n) is 1.79. The minimum atomic E-state index is -0.179. The minimum absolute atomic E-state index is 0.0457. The number of aromatic nitrogens is 1. The standard InChI is InChI=1S/C12H16N2O3/c1-9-16-8-11(17-9)7-14(2)12(15)10-4-3-5-13-6-10/h3-6,9,11H,7-8H2,1-2H3. The number of amides is 1. The van der Waals surface area contributed by atoms with Crippen molar-refractivity contribution < 1.29 is 14.3 Å². The fraction of sp³-hybridized carbons (Fsp3) is 0.500. The van der Waals surface area contributed by atoms with Crippen LogP contribution in [0.2, 0.25) is 0 Å². The third-order valence-electron chi connectivity index (χ3n) is 2.63. The van der Waals surface area contributed by atoms with Gasteiger partial charge >= 0.3 is 0 Å². The Labute approximate surface area is 100 Å². The predicted molar refractivity (Wildman–Crippen MR) is 61.5 cm³/mol. The number of carbonyl (C=O) groups excluding carboxylic acids is 1. The molecule has 2 rings (SSSR count). The monoisotopic (exact) mass is 236 g/mol. The maximum Gasteiger partial charge on any atom is 0.255 e. The van der Waals surface area contributed by atoms with Crippen LogP contribution in [0.25, 0.3) is 0 Å². The molecular weight excluding hydrogens is 220 g/mol. The van der Waals surface area contributed by atoms with Gasteiger partial charge in [-0.2, -0.15) is 0 Å². The molecule has 0 radical (unpaired) electrons. The molecule has 1 amide bonds. The van der Waals surface area contributed by atoms with Crippen molar-refractivity contribution in [3.8, 4) is 0 Å². The van der Waals surface area contributed by atoms with Gasteiger partial charge in [-0.05, 0) is 19.1 Å². The van der Waals surface area contributed by atoms with E-state index < -0.39 is 0 Å². The minimum Gasteiger partial charge on any atom is -0.350 e. The summed E-state index contributed by atoms with van der Waals surface area (Å²) in [5, 5.41) is 0. The van der Waals surface area contributed by atoms with Crippen LogP contribution >= 0.6 is 0 Å². The molecule has 2 atom stereocenters. The van der Waals surface area contributed by atoms with Gasteiger partial charge < -0.3 is 14.4 Å². The number of carbonyl (C=O) groups is 1. The van der Waals surface area contributed by atoms with Crippen molar-refractivity contribution in [2.75, 3.05) is 20.2 Å². The third kappa shape index (κ3) is 3.01. The molecule has 1 saturated heterocycles. The van der Waals surface area contributed by atoms with Crippen molar-refractivity contribution >= 4 is 5.91 Å². The number of ether oxygens (including phenoxy) is 2. The first-order valence-corrected chi connectivity index (χ1v) is 5.59. The van der Waals surface area contributed by atoms with E-state index in [1.807, 2.05) is 6.92 Å². The molecule has 5 nitrogen and oxygen atoms in total. The largest absolute Gasteiger partial charge is 0.350 e. The molecule has 2 heterocycles. The van der Waals surface area contributed by atoms with Crippen LogP contribution in [0.15, 0.2) is 24.5 Å². The van der Waals surface area contributed by atoms with Crippen molar-refractivity contribution in [2.45, 2.75) is 19.3 Å². The van der Waals surface area contributed by atoms with Gasteiger partial charge in [-0.25, -0.2) is 0 Å². The normalized spacial score (nSPS) is 23.6. The lowest BCUT2D eigenvalue weighted by molar-refractivity contribution is -0.0451. The third-order valence-corrected chi connectivity index (χ3v) is 2.63. The number of nitrogens with zero attached hydrogens (tertiary/aromatic N) is 2. The van der Waals surface area contributed by atoms with Crippen LogP contribution in [0, 0.1) is 0 Å². The topological polar surface area (TPSA) is 51.7 Å². The Morgan fingerprint density at radius 3 is 3.06 bits per heavy atom. The van der Waals surface area contributed by atoms with Crippen LogP contribution in [0.5, 0.6) is 0 Å². The molecule has 0 aromatic carbocycles. The molecule has 5 heteroatoms. The van der Waals surface area contributed by atoms with Crippen LogP contribution in [0.4, 0.5) is 0 Å². The quantitative estimate of drug-likeness (QED) is 0.783. The fourth-order valence-corrected chi connectivity index (χ4v) is 1.79. The van der Waals surface area contributed by atoms with Gasteiger partial charge in [0, 0.05) is 26.0 Å². The van der Waals surface area contributed by atoms with Crippen LogP contribution in [-0.4, -0.2) is 48.4 Å². The molecule has 0 saturated carbocycles. The van der Waals surface area contributed by atoms with E-state index in [0.29, 0.717) is 18.7 Å². The lowest BCUT2D eigenvalue weighted by Crippen LogP contribution is -2.35. The van der Waals surface area contributed by atoms with Gasteiger partial charge in [0.25, 0.3) is 5.91 Å². The van der Waals surface area contributed by atoms with Crippen LogP contribution in [-0.2, 0) is 9.47 Å². The number of rotatable bonds is 3. The summed E-state index contributed by atoms with van der Waals surface area (Å²) in [7, 11) is 1.75. The second kappa shape index (κ2) is 5.25. The maximum atomic E-state index is 12.0. The van der Waals surface area contributed by atoms with E-state index in [1.165, 1.54) is 0 Å². The van der Waals surface area contributed by atoms with Gasteiger partial charge in [0.2, 0.25) is 0 Å². The molecule has 0 aliphatic carbocycles. The highest BCUT2D eigenvalue weighted by molar-refractivity contribution is 5.93. The van der Waals surface area contributed by atoms with E-state index in [9.17, 15) is 4.79 Å². The number of likely N-dealkylation sites (N-methyl/N-ethyl adjacent to an activating group) is 1. The van der Waals surface area contributed by atoms with Gasteiger partial charge in [0.1, 0.15) is 6.10 Å². The average molecular weight is 236 g/mol. The lowest BCUT2D eigenvalue weighted by Gasteiger charge is -2.20. The summed E-state index contributed by atoms with van der Waals surface area (Å²) < 4.78 is 10.8. The zero-order valence-electron chi connectivity index (χ0n) is 10.00. The molecule has 0 bridgehead atoms.